The van der Waals surface area contributed by atoms with E-state index in [1.165, 1.54) is 6.33 Å². The predicted octanol–water partition coefficient (Wildman–Crippen LogP) is 4.31. The molecular weight excluding hydrogens is 404 g/mol. The van der Waals surface area contributed by atoms with Crippen LogP contribution in [0.5, 0.6) is 17.2 Å². The zero-order chi connectivity index (χ0) is 21.3. The van der Waals surface area contributed by atoms with Gasteiger partial charge in [-0.3, -0.25) is 0 Å². The van der Waals surface area contributed by atoms with Crippen molar-refractivity contribution in [2.24, 2.45) is 0 Å². The summed E-state index contributed by atoms with van der Waals surface area (Å²) >= 11 is 6.48. The molecule has 1 atom stereocenters. The number of benzene rings is 2. The molecule has 0 radical (unpaired) electrons. The highest BCUT2D eigenvalue weighted by Gasteiger charge is 2.29. The molecular formula is C22H23ClN4O3. The Kier molecular flexibility index (Phi) is 5.55. The van der Waals surface area contributed by atoms with Crippen LogP contribution >= 0.6 is 11.6 Å². The smallest absolute Gasteiger partial charge is 0.157 e. The fourth-order valence-electron chi connectivity index (χ4n) is 3.79. The second-order valence-corrected chi connectivity index (χ2v) is 7.33. The molecule has 0 aliphatic carbocycles. The first-order valence-electron chi connectivity index (χ1n) is 9.42. The van der Waals surface area contributed by atoms with E-state index in [1.54, 1.807) is 21.3 Å². The molecule has 30 heavy (non-hydrogen) atoms. The van der Waals surface area contributed by atoms with E-state index in [9.17, 15) is 0 Å². The van der Waals surface area contributed by atoms with Crippen LogP contribution in [0.15, 0.2) is 42.7 Å². The van der Waals surface area contributed by atoms with E-state index < -0.39 is 0 Å². The van der Waals surface area contributed by atoms with Crippen molar-refractivity contribution in [3.8, 4) is 17.2 Å². The molecule has 1 aromatic heterocycles. The second kappa shape index (κ2) is 8.28. The lowest BCUT2D eigenvalue weighted by atomic mass is 9.91. The van der Waals surface area contributed by atoms with Gasteiger partial charge in [0.05, 0.1) is 27.4 Å². The Bertz CT molecular complexity index is 1080. The summed E-state index contributed by atoms with van der Waals surface area (Å²) in [5.41, 5.74) is 3.70. The van der Waals surface area contributed by atoms with E-state index in [-0.39, 0.29) is 6.04 Å². The van der Waals surface area contributed by atoms with Gasteiger partial charge in [-0.25, -0.2) is 9.97 Å². The van der Waals surface area contributed by atoms with Crippen molar-refractivity contribution in [1.29, 1.82) is 0 Å². The number of rotatable bonds is 4. The van der Waals surface area contributed by atoms with Gasteiger partial charge in [0, 0.05) is 25.2 Å². The van der Waals surface area contributed by atoms with Crippen molar-refractivity contribution in [2.45, 2.75) is 12.6 Å². The largest absolute Gasteiger partial charge is 0.497 e. The first kappa shape index (κ1) is 20.1. The minimum absolute atomic E-state index is 0.271. The summed E-state index contributed by atoms with van der Waals surface area (Å²) < 4.78 is 16.7. The molecule has 1 aliphatic rings. The van der Waals surface area contributed by atoms with E-state index >= 15 is 0 Å². The van der Waals surface area contributed by atoms with E-state index in [2.05, 4.69) is 15.3 Å². The van der Waals surface area contributed by atoms with Gasteiger partial charge in [-0.05, 0) is 29.3 Å². The minimum Gasteiger partial charge on any atom is -0.497 e. The number of halogens is 1. The molecule has 0 saturated heterocycles. The van der Waals surface area contributed by atoms with E-state index in [0.717, 1.165) is 39.8 Å². The number of anilines is 2. The van der Waals surface area contributed by atoms with E-state index in [4.69, 9.17) is 25.8 Å². The molecule has 3 aromatic rings. The zero-order valence-corrected chi connectivity index (χ0v) is 18.0. The molecule has 1 unspecified atom stereocenters. The number of nitrogens with zero attached hydrogens (tertiary/aromatic N) is 3. The molecule has 156 valence electrons. The Morgan fingerprint density at radius 1 is 1.03 bits per heavy atom. The first-order valence-corrected chi connectivity index (χ1v) is 9.80. The standard InChI is InChI=1S/C22H23ClN4O3/c1-27-11-14-9-16(29-3)10-17(30-4)18(14)19(13-6-5-7-15(8-13)28-2)26-20-21(23)24-12-25-22(20)27/h5-10,12,19,26H,11H2,1-4H3. The maximum Gasteiger partial charge on any atom is 0.157 e. The Morgan fingerprint density at radius 3 is 2.57 bits per heavy atom. The molecule has 0 bridgehead atoms. The Labute approximate surface area is 180 Å². The molecule has 0 fully saturated rings. The number of aromatic nitrogens is 2. The quantitative estimate of drug-likeness (QED) is 0.623. The van der Waals surface area contributed by atoms with Crippen LogP contribution in [-0.2, 0) is 6.54 Å². The van der Waals surface area contributed by atoms with Crippen LogP contribution in [0.2, 0.25) is 5.15 Å². The number of nitrogens with one attached hydrogen (secondary N) is 1. The number of hydrogen-bond donors (Lipinski definition) is 1. The highest BCUT2D eigenvalue weighted by molar-refractivity contribution is 6.32. The Morgan fingerprint density at radius 2 is 1.83 bits per heavy atom. The summed E-state index contributed by atoms with van der Waals surface area (Å²) in [4.78, 5) is 10.7. The van der Waals surface area contributed by atoms with Crippen molar-refractivity contribution in [3.05, 3.63) is 64.6 Å². The zero-order valence-electron chi connectivity index (χ0n) is 17.3. The van der Waals surface area contributed by atoms with Crippen molar-refractivity contribution in [3.63, 3.8) is 0 Å². The summed E-state index contributed by atoms with van der Waals surface area (Å²) in [6.45, 7) is 0.589. The molecule has 8 heteroatoms. The van der Waals surface area contributed by atoms with Crippen molar-refractivity contribution < 1.29 is 14.2 Å². The van der Waals surface area contributed by atoms with Gasteiger partial charge in [0.25, 0.3) is 0 Å². The number of hydrogen-bond acceptors (Lipinski definition) is 7. The highest BCUT2D eigenvalue weighted by Crippen LogP contribution is 2.44. The van der Waals surface area contributed by atoms with Gasteiger partial charge in [0.1, 0.15) is 29.3 Å². The van der Waals surface area contributed by atoms with Crippen LogP contribution in [0.4, 0.5) is 11.5 Å². The van der Waals surface area contributed by atoms with Crippen LogP contribution in [-0.4, -0.2) is 38.3 Å². The molecule has 2 heterocycles. The first-order chi connectivity index (χ1) is 14.5. The molecule has 2 aromatic carbocycles. The Balaban J connectivity index is 1.98. The fraction of sp³-hybridized carbons (Fsp3) is 0.273. The lowest BCUT2D eigenvalue weighted by Crippen LogP contribution is -2.27. The van der Waals surface area contributed by atoms with E-state index in [0.29, 0.717) is 17.4 Å². The molecule has 0 spiro atoms. The van der Waals surface area contributed by atoms with Gasteiger partial charge in [0.15, 0.2) is 11.0 Å². The summed E-state index contributed by atoms with van der Waals surface area (Å²) in [6, 6.07) is 11.5. The SMILES string of the molecule is COc1cccc(C2Nc3c(Cl)ncnc3N(C)Cc3cc(OC)cc(OC)c32)c1. The van der Waals surface area contributed by atoms with Crippen LogP contribution < -0.4 is 24.4 Å². The molecule has 1 aliphatic heterocycles. The normalized spacial score (nSPS) is 15.2. The Hall–Kier alpha value is -3.19. The van der Waals surface area contributed by atoms with Gasteiger partial charge >= 0.3 is 0 Å². The van der Waals surface area contributed by atoms with Gasteiger partial charge in [-0.2, -0.15) is 0 Å². The van der Waals surface area contributed by atoms with Crippen LogP contribution in [0.1, 0.15) is 22.7 Å². The molecule has 4 rings (SSSR count). The molecule has 7 nitrogen and oxygen atoms in total. The third kappa shape index (κ3) is 3.57. The van der Waals surface area contributed by atoms with Crippen molar-refractivity contribution in [2.75, 3.05) is 38.6 Å². The summed E-state index contributed by atoms with van der Waals surface area (Å²) in [7, 11) is 6.92. The average molecular weight is 427 g/mol. The fourth-order valence-corrected chi connectivity index (χ4v) is 3.97. The predicted molar refractivity (Wildman–Crippen MR) is 117 cm³/mol. The third-order valence-electron chi connectivity index (χ3n) is 5.21. The lowest BCUT2D eigenvalue weighted by molar-refractivity contribution is 0.389. The lowest BCUT2D eigenvalue weighted by Gasteiger charge is -2.32. The van der Waals surface area contributed by atoms with Crippen LogP contribution in [0.3, 0.4) is 0 Å². The molecule has 0 amide bonds. The van der Waals surface area contributed by atoms with Crippen LogP contribution in [0, 0.1) is 0 Å². The van der Waals surface area contributed by atoms with Crippen molar-refractivity contribution in [1.82, 2.24) is 9.97 Å². The maximum absolute atomic E-state index is 6.48. The van der Waals surface area contributed by atoms with Crippen molar-refractivity contribution >= 4 is 23.1 Å². The second-order valence-electron chi connectivity index (χ2n) is 6.98. The number of fused-ring (bicyclic) bond motifs is 2. The van der Waals surface area contributed by atoms with E-state index in [1.807, 2.05) is 48.3 Å². The monoisotopic (exact) mass is 426 g/mol. The highest BCUT2D eigenvalue weighted by atomic mass is 35.5. The average Bonchev–Trinajstić information content (AvgIpc) is 2.76. The number of ether oxygens (including phenoxy) is 3. The summed E-state index contributed by atoms with van der Waals surface area (Å²) in [5, 5.41) is 3.92. The van der Waals surface area contributed by atoms with Gasteiger partial charge < -0.3 is 24.4 Å². The summed E-state index contributed by atoms with van der Waals surface area (Å²) in [6.07, 6.45) is 1.47. The summed E-state index contributed by atoms with van der Waals surface area (Å²) in [5.74, 6) is 2.92. The topological polar surface area (TPSA) is 68.7 Å². The van der Waals surface area contributed by atoms with Crippen LogP contribution in [0.25, 0.3) is 0 Å². The molecule has 0 saturated carbocycles. The minimum atomic E-state index is -0.271. The van der Waals surface area contributed by atoms with Gasteiger partial charge in [-0.15, -0.1) is 0 Å². The van der Waals surface area contributed by atoms with Gasteiger partial charge in [-0.1, -0.05) is 23.7 Å². The third-order valence-corrected chi connectivity index (χ3v) is 5.50. The van der Waals surface area contributed by atoms with Gasteiger partial charge in [0.2, 0.25) is 0 Å². The molecule has 1 N–H and O–H groups in total. The number of methoxy groups -OCH3 is 3. The maximum atomic E-state index is 6.48.